The highest BCUT2D eigenvalue weighted by atomic mass is 16.5. The van der Waals surface area contributed by atoms with Crippen LogP contribution in [0.4, 0.5) is 0 Å². The minimum absolute atomic E-state index is 0.211. The summed E-state index contributed by atoms with van der Waals surface area (Å²) in [4.78, 5) is 11.1. The van der Waals surface area contributed by atoms with Crippen LogP contribution in [-0.4, -0.2) is 35.5 Å². The Balaban J connectivity index is 2.16. The number of hydrogen-bond acceptors (Lipinski definition) is 4. The van der Waals surface area contributed by atoms with E-state index in [1.807, 2.05) is 18.2 Å². The molecule has 0 spiro atoms. The van der Waals surface area contributed by atoms with Gasteiger partial charge in [-0.1, -0.05) is 69.8 Å². The first-order valence-corrected chi connectivity index (χ1v) is 10.9. The third kappa shape index (κ3) is 10.7. The van der Waals surface area contributed by atoms with Crippen molar-refractivity contribution in [2.24, 2.45) is 11.8 Å². The Morgan fingerprint density at radius 2 is 1.78 bits per heavy atom. The molecule has 1 aliphatic rings. The second kappa shape index (κ2) is 14.9. The Morgan fingerprint density at radius 3 is 2.44 bits per heavy atom. The van der Waals surface area contributed by atoms with Gasteiger partial charge in [-0.05, 0) is 43.9 Å². The monoisotopic (exact) mass is 380 g/mol. The van der Waals surface area contributed by atoms with E-state index < -0.39 is 0 Å². The molecule has 1 fully saturated rings. The van der Waals surface area contributed by atoms with Gasteiger partial charge in [0.15, 0.2) is 0 Å². The zero-order valence-corrected chi connectivity index (χ0v) is 17.3. The molecule has 0 aromatic rings. The van der Waals surface area contributed by atoms with Crippen molar-refractivity contribution in [2.75, 3.05) is 7.11 Å². The standard InChI is InChI=1S/C23H40O4/c1-3-4-5-6-7-8-13-20(24)14-10-9-12-19-17-18-21(19)22(25)15-11-16-23(26)27-2/h9-10,12,14,19-22,24-25H,3-8,11,13,15-18H2,1-2H3/b12-9+,14-10+/t19-,20?,21+,22?/m0/s1. The van der Waals surface area contributed by atoms with Crippen LogP contribution in [0.2, 0.25) is 0 Å². The lowest BCUT2D eigenvalue weighted by atomic mass is 9.69. The number of esters is 1. The maximum atomic E-state index is 11.1. The number of carbonyl (C=O) groups is 1. The summed E-state index contributed by atoms with van der Waals surface area (Å²) in [6.45, 7) is 2.22. The molecule has 0 radical (unpaired) electrons. The summed E-state index contributed by atoms with van der Waals surface area (Å²) in [6.07, 6.45) is 19.4. The molecule has 0 aromatic carbocycles. The molecule has 4 nitrogen and oxygen atoms in total. The number of aliphatic hydroxyl groups excluding tert-OH is 2. The van der Waals surface area contributed by atoms with Crippen molar-refractivity contribution >= 4 is 5.97 Å². The summed E-state index contributed by atoms with van der Waals surface area (Å²) in [5, 5.41) is 20.3. The summed E-state index contributed by atoms with van der Waals surface area (Å²) in [7, 11) is 1.39. The zero-order valence-electron chi connectivity index (χ0n) is 17.3. The fraction of sp³-hybridized carbons (Fsp3) is 0.783. The molecule has 1 saturated carbocycles. The molecule has 4 atom stereocenters. The van der Waals surface area contributed by atoms with Crippen molar-refractivity contribution in [3.05, 3.63) is 24.3 Å². The highest BCUT2D eigenvalue weighted by Crippen LogP contribution is 2.39. The van der Waals surface area contributed by atoms with Gasteiger partial charge in [0.05, 0.1) is 19.3 Å². The predicted octanol–water partition coefficient (Wildman–Crippen LogP) is 4.94. The van der Waals surface area contributed by atoms with Gasteiger partial charge < -0.3 is 14.9 Å². The molecule has 2 N–H and O–H groups in total. The zero-order chi connectivity index (χ0) is 19.9. The molecule has 0 bridgehead atoms. The lowest BCUT2D eigenvalue weighted by Crippen LogP contribution is -2.35. The van der Waals surface area contributed by atoms with Crippen LogP contribution in [0.5, 0.6) is 0 Å². The molecule has 156 valence electrons. The van der Waals surface area contributed by atoms with E-state index in [0.29, 0.717) is 31.1 Å². The predicted molar refractivity (Wildman–Crippen MR) is 110 cm³/mol. The quantitative estimate of drug-likeness (QED) is 0.240. The Hall–Kier alpha value is -1.13. The fourth-order valence-electron chi connectivity index (χ4n) is 3.67. The molecule has 2 unspecified atom stereocenters. The first-order valence-electron chi connectivity index (χ1n) is 10.9. The Bertz CT molecular complexity index is 444. The molecular formula is C23H40O4. The third-order valence-corrected chi connectivity index (χ3v) is 5.64. The molecule has 27 heavy (non-hydrogen) atoms. The highest BCUT2D eigenvalue weighted by molar-refractivity contribution is 5.68. The minimum Gasteiger partial charge on any atom is -0.469 e. The summed E-state index contributed by atoms with van der Waals surface area (Å²) >= 11 is 0. The summed E-state index contributed by atoms with van der Waals surface area (Å²) in [5.41, 5.74) is 0. The van der Waals surface area contributed by atoms with E-state index in [1.54, 1.807) is 0 Å². The van der Waals surface area contributed by atoms with Crippen LogP contribution in [0, 0.1) is 11.8 Å². The number of hydrogen-bond donors (Lipinski definition) is 2. The van der Waals surface area contributed by atoms with Crippen molar-refractivity contribution in [3.63, 3.8) is 0 Å². The topological polar surface area (TPSA) is 66.8 Å². The van der Waals surface area contributed by atoms with Crippen LogP contribution in [0.25, 0.3) is 0 Å². The first-order chi connectivity index (χ1) is 13.1. The molecule has 0 saturated heterocycles. The molecule has 0 aliphatic heterocycles. The van der Waals surface area contributed by atoms with Gasteiger partial charge in [0.1, 0.15) is 0 Å². The van der Waals surface area contributed by atoms with Gasteiger partial charge in [-0.2, -0.15) is 0 Å². The molecule has 0 aromatic heterocycles. The number of unbranched alkanes of at least 4 members (excludes halogenated alkanes) is 5. The van der Waals surface area contributed by atoms with Crippen LogP contribution in [0.1, 0.15) is 84.0 Å². The van der Waals surface area contributed by atoms with Gasteiger partial charge in [-0.25, -0.2) is 0 Å². The van der Waals surface area contributed by atoms with E-state index in [1.165, 1.54) is 39.2 Å². The molecule has 1 rings (SSSR count). The summed E-state index contributed by atoms with van der Waals surface area (Å²) in [5.74, 6) is 0.482. The van der Waals surface area contributed by atoms with E-state index in [2.05, 4.69) is 17.7 Å². The fourth-order valence-corrected chi connectivity index (χ4v) is 3.67. The van der Waals surface area contributed by atoms with E-state index in [0.717, 1.165) is 25.7 Å². The van der Waals surface area contributed by atoms with E-state index >= 15 is 0 Å². The third-order valence-electron chi connectivity index (χ3n) is 5.64. The maximum absolute atomic E-state index is 11.1. The number of ether oxygens (including phenoxy) is 1. The smallest absolute Gasteiger partial charge is 0.305 e. The van der Waals surface area contributed by atoms with Gasteiger partial charge in [-0.3, -0.25) is 4.79 Å². The lowest BCUT2D eigenvalue weighted by Gasteiger charge is -2.38. The lowest BCUT2D eigenvalue weighted by molar-refractivity contribution is -0.140. The second-order valence-corrected chi connectivity index (χ2v) is 7.83. The molecule has 0 amide bonds. The van der Waals surface area contributed by atoms with Crippen LogP contribution in [0.15, 0.2) is 24.3 Å². The Morgan fingerprint density at radius 1 is 1.04 bits per heavy atom. The molecule has 1 aliphatic carbocycles. The molecule has 0 heterocycles. The van der Waals surface area contributed by atoms with Crippen LogP contribution < -0.4 is 0 Å². The second-order valence-electron chi connectivity index (χ2n) is 7.83. The Labute approximate surface area is 165 Å². The van der Waals surface area contributed by atoms with Gasteiger partial charge in [-0.15, -0.1) is 0 Å². The number of aliphatic hydroxyl groups is 2. The van der Waals surface area contributed by atoms with Crippen molar-refractivity contribution < 1.29 is 19.7 Å². The van der Waals surface area contributed by atoms with Gasteiger partial charge >= 0.3 is 5.97 Å². The number of methoxy groups -OCH3 is 1. The minimum atomic E-state index is -0.359. The van der Waals surface area contributed by atoms with Crippen molar-refractivity contribution in [3.8, 4) is 0 Å². The SMILES string of the molecule is CCCCCCCCC(O)/C=C/C=C/[C@H]1CC[C@H]1C(O)CCCC(=O)OC. The molecule has 4 heteroatoms. The average Bonchev–Trinajstić information content (AvgIpc) is 2.63. The van der Waals surface area contributed by atoms with Crippen molar-refractivity contribution in [1.29, 1.82) is 0 Å². The van der Waals surface area contributed by atoms with Gasteiger partial charge in [0.25, 0.3) is 0 Å². The first kappa shape index (κ1) is 23.9. The Kier molecular flexibility index (Phi) is 13.2. The average molecular weight is 381 g/mol. The van der Waals surface area contributed by atoms with E-state index in [4.69, 9.17) is 0 Å². The van der Waals surface area contributed by atoms with Crippen LogP contribution in [0.3, 0.4) is 0 Å². The number of rotatable bonds is 15. The normalized spacial score (nSPS) is 22.1. The summed E-state index contributed by atoms with van der Waals surface area (Å²) < 4.78 is 4.63. The van der Waals surface area contributed by atoms with Crippen molar-refractivity contribution in [2.45, 2.75) is 96.2 Å². The van der Waals surface area contributed by atoms with E-state index in [-0.39, 0.29) is 18.2 Å². The highest BCUT2D eigenvalue weighted by Gasteiger charge is 2.33. The summed E-state index contributed by atoms with van der Waals surface area (Å²) in [6, 6.07) is 0. The largest absolute Gasteiger partial charge is 0.469 e. The van der Waals surface area contributed by atoms with E-state index in [9.17, 15) is 15.0 Å². The van der Waals surface area contributed by atoms with Crippen molar-refractivity contribution in [1.82, 2.24) is 0 Å². The molecular weight excluding hydrogens is 340 g/mol. The maximum Gasteiger partial charge on any atom is 0.305 e. The van der Waals surface area contributed by atoms with Gasteiger partial charge in [0.2, 0.25) is 0 Å². The van der Waals surface area contributed by atoms with Crippen LogP contribution >= 0.6 is 0 Å². The number of carbonyl (C=O) groups excluding carboxylic acids is 1. The van der Waals surface area contributed by atoms with Gasteiger partial charge in [0, 0.05) is 6.42 Å². The number of allylic oxidation sites excluding steroid dienone is 3. The van der Waals surface area contributed by atoms with Crippen LogP contribution in [-0.2, 0) is 9.53 Å².